The van der Waals surface area contributed by atoms with Crippen LogP contribution in [0.2, 0.25) is 0 Å². The van der Waals surface area contributed by atoms with E-state index in [4.69, 9.17) is 4.74 Å². The second-order valence-electron chi connectivity index (χ2n) is 5.37. The third-order valence-electron chi connectivity index (χ3n) is 3.77. The Morgan fingerprint density at radius 1 is 1.19 bits per heavy atom. The van der Waals surface area contributed by atoms with Crippen molar-refractivity contribution in [2.75, 3.05) is 13.1 Å². The van der Waals surface area contributed by atoms with Gasteiger partial charge in [-0.25, -0.2) is 0 Å². The molecule has 2 aliphatic rings. The number of ether oxygens (including phenoxy) is 1. The van der Waals surface area contributed by atoms with Gasteiger partial charge in [0.15, 0.2) is 0 Å². The van der Waals surface area contributed by atoms with E-state index in [0.717, 1.165) is 6.42 Å². The van der Waals surface area contributed by atoms with Crippen molar-refractivity contribution in [1.29, 1.82) is 0 Å². The van der Waals surface area contributed by atoms with E-state index in [1.807, 2.05) is 13.8 Å². The van der Waals surface area contributed by atoms with Crippen molar-refractivity contribution in [1.82, 2.24) is 4.90 Å². The average molecular weight is 225 g/mol. The Kier molecular flexibility index (Phi) is 3.85. The smallest absolute Gasteiger partial charge is 0.308 e. The molecule has 0 bridgehead atoms. The molecule has 2 fully saturated rings. The highest BCUT2D eigenvalue weighted by molar-refractivity contribution is 5.71. The number of piperidine rings is 2. The van der Waals surface area contributed by atoms with Crippen LogP contribution in [0, 0.1) is 5.92 Å². The Balaban J connectivity index is 1.94. The summed E-state index contributed by atoms with van der Waals surface area (Å²) in [6.07, 6.45) is 6.18. The summed E-state index contributed by atoms with van der Waals surface area (Å²) in [5.41, 5.74) is 0. The summed E-state index contributed by atoms with van der Waals surface area (Å²) in [5.74, 6) is -0.0311. The van der Waals surface area contributed by atoms with E-state index >= 15 is 0 Å². The maximum atomic E-state index is 11.6. The molecular formula is C13H23NO2. The van der Waals surface area contributed by atoms with Crippen molar-refractivity contribution in [2.45, 2.75) is 58.1 Å². The molecule has 0 radical (unpaired) electrons. The van der Waals surface area contributed by atoms with Crippen LogP contribution in [0.5, 0.6) is 0 Å². The zero-order chi connectivity index (χ0) is 11.5. The summed E-state index contributed by atoms with van der Waals surface area (Å²) < 4.78 is 5.64. The van der Waals surface area contributed by atoms with Gasteiger partial charge in [0.1, 0.15) is 6.10 Å². The largest absolute Gasteiger partial charge is 0.461 e. The first-order chi connectivity index (χ1) is 7.68. The monoisotopic (exact) mass is 225 g/mol. The zero-order valence-electron chi connectivity index (χ0n) is 10.4. The molecule has 0 saturated carbocycles. The number of carbonyl (C=O) groups excluding carboxylic acids is 1. The maximum absolute atomic E-state index is 11.6. The highest BCUT2D eigenvalue weighted by Gasteiger charge is 2.35. The van der Waals surface area contributed by atoms with Crippen molar-refractivity contribution >= 4 is 5.97 Å². The van der Waals surface area contributed by atoms with Gasteiger partial charge in [0.05, 0.1) is 5.92 Å². The topological polar surface area (TPSA) is 29.5 Å². The summed E-state index contributed by atoms with van der Waals surface area (Å²) in [7, 11) is 0. The molecule has 0 N–H and O–H groups in total. The summed E-state index contributed by atoms with van der Waals surface area (Å²) in [6, 6.07) is 0.505. The summed E-state index contributed by atoms with van der Waals surface area (Å²) >= 11 is 0. The number of carbonyl (C=O) groups is 1. The minimum Gasteiger partial charge on any atom is -0.461 e. The van der Waals surface area contributed by atoms with Crippen LogP contribution in [0.4, 0.5) is 0 Å². The van der Waals surface area contributed by atoms with E-state index in [0.29, 0.717) is 6.04 Å². The van der Waals surface area contributed by atoms with Crippen LogP contribution in [0.25, 0.3) is 0 Å². The number of esters is 1. The molecule has 2 unspecified atom stereocenters. The molecule has 3 heteroatoms. The molecule has 0 amide bonds. The number of rotatable bonds is 2. The van der Waals surface area contributed by atoms with Crippen molar-refractivity contribution in [2.24, 2.45) is 5.92 Å². The predicted molar refractivity (Wildman–Crippen MR) is 63.2 cm³/mol. The summed E-state index contributed by atoms with van der Waals surface area (Å²) in [4.78, 5) is 14.2. The van der Waals surface area contributed by atoms with Crippen molar-refractivity contribution in [3.8, 4) is 0 Å². The van der Waals surface area contributed by atoms with E-state index in [9.17, 15) is 4.79 Å². The Bertz CT molecular complexity index is 250. The molecule has 0 aromatic heterocycles. The first kappa shape index (κ1) is 11.9. The lowest BCUT2D eigenvalue weighted by Gasteiger charge is -2.43. The Morgan fingerprint density at radius 2 is 1.94 bits per heavy atom. The molecule has 0 aromatic carbocycles. The second kappa shape index (κ2) is 5.17. The van der Waals surface area contributed by atoms with Crippen molar-refractivity contribution in [3.63, 3.8) is 0 Å². The van der Waals surface area contributed by atoms with Gasteiger partial charge < -0.3 is 4.74 Å². The molecule has 0 spiro atoms. The SMILES string of the molecule is CC(C)C(=O)OC1CCCN2CCCCC12. The third-order valence-corrected chi connectivity index (χ3v) is 3.77. The normalized spacial score (nSPS) is 31.2. The van der Waals surface area contributed by atoms with Gasteiger partial charge in [0.2, 0.25) is 0 Å². The molecule has 2 rings (SSSR count). The van der Waals surface area contributed by atoms with Crippen LogP contribution in [-0.4, -0.2) is 36.1 Å². The van der Waals surface area contributed by atoms with E-state index in [-0.39, 0.29) is 18.0 Å². The molecule has 16 heavy (non-hydrogen) atoms. The van der Waals surface area contributed by atoms with E-state index < -0.39 is 0 Å². The second-order valence-corrected chi connectivity index (χ2v) is 5.37. The first-order valence-corrected chi connectivity index (χ1v) is 6.63. The molecule has 92 valence electrons. The first-order valence-electron chi connectivity index (χ1n) is 6.63. The van der Waals surface area contributed by atoms with Crippen LogP contribution in [0.3, 0.4) is 0 Å². The lowest BCUT2D eigenvalue weighted by molar-refractivity contribution is -0.160. The van der Waals surface area contributed by atoms with Gasteiger partial charge in [-0.05, 0) is 38.8 Å². The highest BCUT2D eigenvalue weighted by Crippen LogP contribution is 2.28. The fourth-order valence-electron chi connectivity index (χ4n) is 2.83. The molecular weight excluding hydrogens is 202 g/mol. The van der Waals surface area contributed by atoms with Gasteiger partial charge in [-0.2, -0.15) is 0 Å². The molecule has 0 aromatic rings. The fourth-order valence-corrected chi connectivity index (χ4v) is 2.83. The summed E-state index contributed by atoms with van der Waals surface area (Å²) in [5, 5.41) is 0. The Labute approximate surface area is 98.1 Å². The molecule has 0 aliphatic carbocycles. The lowest BCUT2D eigenvalue weighted by atomic mass is 9.90. The van der Waals surface area contributed by atoms with Gasteiger partial charge in [-0.15, -0.1) is 0 Å². The Hall–Kier alpha value is -0.570. The van der Waals surface area contributed by atoms with Gasteiger partial charge >= 0.3 is 5.97 Å². The van der Waals surface area contributed by atoms with Crippen LogP contribution in [0.15, 0.2) is 0 Å². The molecule has 2 aliphatic heterocycles. The Morgan fingerprint density at radius 3 is 2.69 bits per heavy atom. The fraction of sp³-hybridized carbons (Fsp3) is 0.923. The van der Waals surface area contributed by atoms with Crippen molar-refractivity contribution in [3.05, 3.63) is 0 Å². The number of fused-ring (bicyclic) bond motifs is 1. The van der Waals surface area contributed by atoms with Gasteiger partial charge in [-0.1, -0.05) is 20.3 Å². The molecule has 3 nitrogen and oxygen atoms in total. The van der Waals surface area contributed by atoms with Crippen LogP contribution in [0.1, 0.15) is 46.0 Å². The highest BCUT2D eigenvalue weighted by atomic mass is 16.5. The van der Waals surface area contributed by atoms with Gasteiger partial charge in [-0.3, -0.25) is 9.69 Å². The van der Waals surface area contributed by atoms with Crippen LogP contribution in [-0.2, 0) is 9.53 Å². The number of nitrogens with zero attached hydrogens (tertiary/aromatic N) is 1. The standard InChI is InChI=1S/C13H23NO2/c1-10(2)13(15)16-12-7-5-9-14-8-4-3-6-11(12)14/h10-12H,3-9H2,1-2H3. The van der Waals surface area contributed by atoms with E-state index in [2.05, 4.69) is 4.90 Å². The maximum Gasteiger partial charge on any atom is 0.308 e. The molecule has 2 atom stereocenters. The van der Waals surface area contributed by atoms with Gasteiger partial charge in [0, 0.05) is 6.04 Å². The number of hydrogen-bond donors (Lipinski definition) is 0. The lowest BCUT2D eigenvalue weighted by Crippen LogP contribution is -2.52. The van der Waals surface area contributed by atoms with Crippen LogP contribution >= 0.6 is 0 Å². The third kappa shape index (κ3) is 2.57. The molecule has 2 saturated heterocycles. The zero-order valence-corrected chi connectivity index (χ0v) is 10.4. The molecule has 2 heterocycles. The number of hydrogen-bond acceptors (Lipinski definition) is 3. The van der Waals surface area contributed by atoms with E-state index in [1.165, 1.54) is 38.8 Å². The van der Waals surface area contributed by atoms with E-state index in [1.54, 1.807) is 0 Å². The van der Waals surface area contributed by atoms with Crippen LogP contribution < -0.4 is 0 Å². The van der Waals surface area contributed by atoms with Gasteiger partial charge in [0.25, 0.3) is 0 Å². The summed E-state index contributed by atoms with van der Waals surface area (Å²) in [6.45, 7) is 6.20. The minimum absolute atomic E-state index is 0.000956. The predicted octanol–water partition coefficient (Wildman–Crippen LogP) is 2.20. The average Bonchev–Trinajstić information content (AvgIpc) is 2.29. The van der Waals surface area contributed by atoms with Crippen molar-refractivity contribution < 1.29 is 9.53 Å². The minimum atomic E-state index is -0.0302. The quantitative estimate of drug-likeness (QED) is 0.675.